The fourth-order valence-corrected chi connectivity index (χ4v) is 1.29. The molecule has 1 heteroatoms. The quantitative estimate of drug-likeness (QED) is 0.487. The van der Waals surface area contributed by atoms with Gasteiger partial charge in [-0.1, -0.05) is 51.4 Å². The highest BCUT2D eigenvalue weighted by Gasteiger charge is 1.83. The molecule has 0 saturated heterocycles. The molecule has 90 valence electrons. The molecule has 1 N–H and O–H groups in total. The summed E-state index contributed by atoms with van der Waals surface area (Å²) in [6.07, 6.45) is 8.60. The molecule has 0 aromatic rings. The first-order chi connectivity index (χ1) is 7.91. The summed E-state index contributed by atoms with van der Waals surface area (Å²) in [4.78, 5) is 0. The van der Waals surface area contributed by atoms with Gasteiger partial charge in [-0.05, 0) is 31.2 Å². The Morgan fingerprint density at radius 1 is 0.812 bits per heavy atom. The molecule has 0 unspecified atom stereocenters. The van der Waals surface area contributed by atoms with E-state index in [0.29, 0.717) is 0 Å². The molecule has 0 atom stereocenters. The van der Waals surface area contributed by atoms with Crippen LogP contribution in [0.3, 0.4) is 0 Å². The monoisotopic (exact) mass is 219 g/mol. The zero-order chi connectivity index (χ0) is 11.9. The van der Waals surface area contributed by atoms with Gasteiger partial charge in [-0.25, -0.2) is 0 Å². The Morgan fingerprint density at radius 2 is 1.56 bits per heavy atom. The second-order valence-corrected chi connectivity index (χ2v) is 3.94. The summed E-state index contributed by atoms with van der Waals surface area (Å²) in [5.41, 5.74) is 0. The van der Waals surface area contributed by atoms with E-state index in [-0.39, 0.29) is 0 Å². The molecule has 0 aliphatic heterocycles. The molecule has 0 radical (unpaired) electrons. The average Bonchev–Trinajstić information content (AvgIpc) is 2.31. The third-order valence-corrected chi connectivity index (χ3v) is 2.32. The summed E-state index contributed by atoms with van der Waals surface area (Å²) < 4.78 is 0. The van der Waals surface area contributed by atoms with Gasteiger partial charge >= 0.3 is 0 Å². The maximum absolute atomic E-state index is 3.26. The molecule has 0 aromatic carbocycles. The molecule has 0 bridgehead atoms. The predicted octanol–water partition coefficient (Wildman–Crippen LogP) is 3.35. The number of nitrogens with one attached hydrogen (secondary N) is 1. The van der Waals surface area contributed by atoms with Gasteiger partial charge in [0.25, 0.3) is 0 Å². The SMILES string of the molecule is CCCCCCC#CC#CCNCCCC. The fraction of sp³-hybridized carbons (Fsp3) is 0.733. The highest BCUT2D eigenvalue weighted by Crippen LogP contribution is 2.00. The smallest absolute Gasteiger partial charge is 0.0586 e. The Kier molecular flexibility index (Phi) is 13.3. The van der Waals surface area contributed by atoms with E-state index in [1.807, 2.05) is 0 Å². The van der Waals surface area contributed by atoms with Gasteiger partial charge < -0.3 is 5.32 Å². The Morgan fingerprint density at radius 3 is 2.31 bits per heavy atom. The summed E-state index contributed by atoms with van der Waals surface area (Å²) in [7, 11) is 0. The summed E-state index contributed by atoms with van der Waals surface area (Å²) in [6.45, 7) is 6.25. The van der Waals surface area contributed by atoms with Crippen molar-refractivity contribution in [2.75, 3.05) is 13.1 Å². The molecule has 0 aliphatic rings. The molecule has 0 amide bonds. The minimum atomic E-state index is 0.768. The maximum Gasteiger partial charge on any atom is 0.0586 e. The van der Waals surface area contributed by atoms with E-state index >= 15 is 0 Å². The van der Waals surface area contributed by atoms with Gasteiger partial charge in [0, 0.05) is 6.42 Å². The molecular weight excluding hydrogens is 194 g/mol. The lowest BCUT2D eigenvalue weighted by atomic mass is 10.2. The molecule has 0 saturated carbocycles. The number of hydrogen-bond acceptors (Lipinski definition) is 1. The van der Waals surface area contributed by atoms with Gasteiger partial charge in [-0.15, -0.1) is 0 Å². The van der Waals surface area contributed by atoms with Crippen molar-refractivity contribution < 1.29 is 0 Å². The van der Waals surface area contributed by atoms with E-state index in [0.717, 1.165) is 19.5 Å². The van der Waals surface area contributed by atoms with Gasteiger partial charge in [0.15, 0.2) is 0 Å². The van der Waals surface area contributed by atoms with Gasteiger partial charge in [-0.3, -0.25) is 0 Å². The van der Waals surface area contributed by atoms with E-state index in [1.54, 1.807) is 0 Å². The third kappa shape index (κ3) is 13.1. The first kappa shape index (κ1) is 15.1. The van der Waals surface area contributed by atoms with Gasteiger partial charge in [0.05, 0.1) is 6.54 Å². The standard InChI is InChI=1S/C15H25N/c1-3-5-7-8-9-10-11-12-13-15-16-14-6-4-2/h16H,3-9,14-15H2,1-2H3. The van der Waals surface area contributed by atoms with E-state index in [2.05, 4.69) is 42.8 Å². The lowest BCUT2D eigenvalue weighted by Gasteiger charge is -1.95. The predicted molar refractivity (Wildman–Crippen MR) is 72.1 cm³/mol. The van der Waals surface area contributed by atoms with E-state index in [9.17, 15) is 0 Å². The van der Waals surface area contributed by atoms with E-state index in [1.165, 1.54) is 38.5 Å². The largest absolute Gasteiger partial charge is 0.306 e. The molecular formula is C15H25N. The van der Waals surface area contributed by atoms with Gasteiger partial charge in [-0.2, -0.15) is 0 Å². The lowest BCUT2D eigenvalue weighted by Crippen LogP contribution is -2.14. The van der Waals surface area contributed by atoms with Crippen molar-refractivity contribution in [2.24, 2.45) is 0 Å². The van der Waals surface area contributed by atoms with Crippen molar-refractivity contribution in [2.45, 2.75) is 58.8 Å². The zero-order valence-electron chi connectivity index (χ0n) is 10.9. The fourth-order valence-electron chi connectivity index (χ4n) is 1.29. The van der Waals surface area contributed by atoms with Crippen LogP contribution in [-0.2, 0) is 0 Å². The van der Waals surface area contributed by atoms with Crippen LogP contribution < -0.4 is 5.32 Å². The second-order valence-electron chi connectivity index (χ2n) is 3.94. The van der Waals surface area contributed by atoms with Crippen molar-refractivity contribution in [1.82, 2.24) is 5.32 Å². The first-order valence-electron chi connectivity index (χ1n) is 6.58. The van der Waals surface area contributed by atoms with Crippen molar-refractivity contribution >= 4 is 0 Å². The number of hydrogen-bond donors (Lipinski definition) is 1. The van der Waals surface area contributed by atoms with Crippen LogP contribution in [0.2, 0.25) is 0 Å². The molecule has 0 aliphatic carbocycles. The first-order valence-corrected chi connectivity index (χ1v) is 6.58. The van der Waals surface area contributed by atoms with Crippen LogP contribution in [0, 0.1) is 23.7 Å². The van der Waals surface area contributed by atoms with Crippen LogP contribution in [0.15, 0.2) is 0 Å². The van der Waals surface area contributed by atoms with E-state index < -0.39 is 0 Å². The van der Waals surface area contributed by atoms with Crippen molar-refractivity contribution in [3.8, 4) is 23.7 Å². The van der Waals surface area contributed by atoms with Gasteiger partial charge in [0.2, 0.25) is 0 Å². The minimum absolute atomic E-state index is 0.768. The normalized spacial score (nSPS) is 8.88. The Labute approximate surface area is 101 Å². The third-order valence-electron chi connectivity index (χ3n) is 2.32. The Hall–Kier alpha value is -0.920. The van der Waals surface area contributed by atoms with Crippen LogP contribution in [0.1, 0.15) is 58.8 Å². The lowest BCUT2D eigenvalue weighted by molar-refractivity contribution is 0.680. The summed E-state index contributed by atoms with van der Waals surface area (Å²) in [6, 6.07) is 0. The minimum Gasteiger partial charge on any atom is -0.306 e. The molecule has 0 fully saturated rings. The topological polar surface area (TPSA) is 12.0 Å². The molecule has 0 rings (SSSR count). The van der Waals surface area contributed by atoms with Crippen LogP contribution in [0.4, 0.5) is 0 Å². The second kappa shape index (κ2) is 14.1. The van der Waals surface area contributed by atoms with Crippen molar-refractivity contribution in [3.63, 3.8) is 0 Å². The number of unbranched alkanes of at least 4 members (excludes halogenated alkanes) is 5. The molecule has 16 heavy (non-hydrogen) atoms. The van der Waals surface area contributed by atoms with Gasteiger partial charge in [0.1, 0.15) is 0 Å². The van der Waals surface area contributed by atoms with Crippen LogP contribution >= 0.6 is 0 Å². The van der Waals surface area contributed by atoms with Crippen LogP contribution in [-0.4, -0.2) is 13.1 Å². The Bertz CT molecular complexity index is 218. The molecule has 1 nitrogen and oxygen atoms in total. The highest BCUT2D eigenvalue weighted by atomic mass is 14.8. The highest BCUT2D eigenvalue weighted by molar-refractivity contribution is 5.26. The molecule has 0 spiro atoms. The van der Waals surface area contributed by atoms with Crippen molar-refractivity contribution in [1.29, 1.82) is 0 Å². The average molecular weight is 219 g/mol. The Balaban J connectivity index is 3.27. The summed E-state index contributed by atoms with van der Waals surface area (Å²) in [5.74, 6) is 11.9. The summed E-state index contributed by atoms with van der Waals surface area (Å²) >= 11 is 0. The molecule has 0 aromatic heterocycles. The molecule has 0 heterocycles. The zero-order valence-corrected chi connectivity index (χ0v) is 10.9. The van der Waals surface area contributed by atoms with Crippen molar-refractivity contribution in [3.05, 3.63) is 0 Å². The van der Waals surface area contributed by atoms with Crippen LogP contribution in [0.5, 0.6) is 0 Å². The number of rotatable bonds is 8. The maximum atomic E-state index is 3.26. The summed E-state index contributed by atoms with van der Waals surface area (Å²) in [5, 5.41) is 3.26. The van der Waals surface area contributed by atoms with Crippen LogP contribution in [0.25, 0.3) is 0 Å². The van der Waals surface area contributed by atoms with E-state index in [4.69, 9.17) is 0 Å².